The SMILES string of the molecule is COc1ccccc1OCC(=O)N(C)Cc1nc(-c2ccccc2Cl)no1. The van der Waals surface area contributed by atoms with Crippen LogP contribution < -0.4 is 9.47 Å². The molecule has 3 aromatic rings. The molecule has 3 rings (SSSR count). The summed E-state index contributed by atoms with van der Waals surface area (Å²) >= 11 is 6.14. The Morgan fingerprint density at radius 3 is 2.59 bits per heavy atom. The molecule has 0 bridgehead atoms. The summed E-state index contributed by atoms with van der Waals surface area (Å²) in [5.41, 5.74) is 0.669. The van der Waals surface area contributed by atoms with Gasteiger partial charge in [-0.2, -0.15) is 4.98 Å². The van der Waals surface area contributed by atoms with Gasteiger partial charge in [0.25, 0.3) is 5.91 Å². The Balaban J connectivity index is 1.59. The lowest BCUT2D eigenvalue weighted by atomic mass is 10.2. The summed E-state index contributed by atoms with van der Waals surface area (Å²) < 4.78 is 16.0. The second-order valence-corrected chi connectivity index (χ2v) is 6.09. The molecule has 1 amide bonds. The molecule has 0 aliphatic rings. The largest absolute Gasteiger partial charge is 0.493 e. The van der Waals surface area contributed by atoms with Gasteiger partial charge in [-0.1, -0.05) is 41.0 Å². The molecule has 0 aliphatic heterocycles. The third kappa shape index (κ3) is 4.57. The molecule has 0 unspecified atom stereocenters. The van der Waals surface area contributed by atoms with Crippen molar-refractivity contribution in [2.24, 2.45) is 0 Å². The molecule has 140 valence electrons. The molecule has 0 saturated carbocycles. The number of hydrogen-bond acceptors (Lipinski definition) is 6. The number of benzene rings is 2. The van der Waals surface area contributed by atoms with Crippen LogP contribution >= 0.6 is 11.6 Å². The van der Waals surface area contributed by atoms with E-state index in [-0.39, 0.29) is 19.1 Å². The van der Waals surface area contributed by atoms with Crippen LogP contribution in [0.3, 0.4) is 0 Å². The van der Waals surface area contributed by atoms with Gasteiger partial charge in [0.1, 0.15) is 0 Å². The minimum Gasteiger partial charge on any atom is -0.493 e. The topological polar surface area (TPSA) is 77.7 Å². The smallest absolute Gasteiger partial charge is 0.260 e. The average molecular weight is 388 g/mol. The van der Waals surface area contributed by atoms with Crippen molar-refractivity contribution in [3.05, 3.63) is 59.4 Å². The van der Waals surface area contributed by atoms with E-state index in [0.29, 0.717) is 33.8 Å². The number of carbonyl (C=O) groups is 1. The van der Waals surface area contributed by atoms with Crippen LogP contribution in [0, 0.1) is 0 Å². The van der Waals surface area contributed by atoms with Gasteiger partial charge in [0.05, 0.1) is 18.7 Å². The van der Waals surface area contributed by atoms with Crippen molar-refractivity contribution in [1.82, 2.24) is 15.0 Å². The van der Waals surface area contributed by atoms with Crippen LogP contribution in [0.2, 0.25) is 5.02 Å². The molecule has 0 saturated heterocycles. The van der Waals surface area contributed by atoms with Gasteiger partial charge in [0.2, 0.25) is 11.7 Å². The van der Waals surface area contributed by atoms with Crippen molar-refractivity contribution in [2.45, 2.75) is 6.54 Å². The van der Waals surface area contributed by atoms with Gasteiger partial charge in [-0.05, 0) is 24.3 Å². The number of carbonyl (C=O) groups excluding carboxylic acids is 1. The fraction of sp³-hybridized carbons (Fsp3) is 0.211. The van der Waals surface area contributed by atoms with Gasteiger partial charge in [0, 0.05) is 12.6 Å². The van der Waals surface area contributed by atoms with E-state index in [1.54, 1.807) is 44.5 Å². The first-order valence-corrected chi connectivity index (χ1v) is 8.53. The maximum atomic E-state index is 12.3. The fourth-order valence-corrected chi connectivity index (χ4v) is 2.57. The highest BCUT2D eigenvalue weighted by Crippen LogP contribution is 2.26. The number of hydrogen-bond donors (Lipinski definition) is 0. The number of halogens is 1. The summed E-state index contributed by atoms with van der Waals surface area (Å²) in [7, 11) is 3.18. The zero-order valence-electron chi connectivity index (χ0n) is 14.9. The van der Waals surface area contributed by atoms with E-state index in [9.17, 15) is 4.79 Å². The van der Waals surface area contributed by atoms with E-state index in [4.69, 9.17) is 25.6 Å². The van der Waals surface area contributed by atoms with Crippen LogP contribution in [0.4, 0.5) is 0 Å². The average Bonchev–Trinajstić information content (AvgIpc) is 3.14. The molecule has 8 heteroatoms. The summed E-state index contributed by atoms with van der Waals surface area (Å²) in [4.78, 5) is 18.0. The quantitative estimate of drug-likeness (QED) is 0.618. The summed E-state index contributed by atoms with van der Waals surface area (Å²) in [6, 6.07) is 14.3. The number of methoxy groups -OCH3 is 1. The van der Waals surface area contributed by atoms with Crippen LogP contribution in [-0.2, 0) is 11.3 Å². The molecule has 0 atom stereocenters. The minimum atomic E-state index is -0.238. The first-order chi connectivity index (χ1) is 13.1. The van der Waals surface area contributed by atoms with Crippen molar-refractivity contribution in [2.75, 3.05) is 20.8 Å². The van der Waals surface area contributed by atoms with Crippen molar-refractivity contribution >= 4 is 17.5 Å². The second kappa shape index (κ2) is 8.55. The van der Waals surface area contributed by atoms with Gasteiger partial charge < -0.3 is 18.9 Å². The number of amides is 1. The van der Waals surface area contributed by atoms with Gasteiger partial charge in [-0.25, -0.2) is 0 Å². The summed E-state index contributed by atoms with van der Waals surface area (Å²) in [6.07, 6.45) is 0. The third-order valence-electron chi connectivity index (χ3n) is 3.80. The zero-order chi connectivity index (χ0) is 19.2. The summed E-state index contributed by atoms with van der Waals surface area (Å²) in [5.74, 6) is 1.51. The highest BCUT2D eigenvalue weighted by atomic mass is 35.5. The van der Waals surface area contributed by atoms with Gasteiger partial charge in [-0.15, -0.1) is 0 Å². The highest BCUT2D eigenvalue weighted by Gasteiger charge is 2.17. The Hall–Kier alpha value is -3.06. The van der Waals surface area contributed by atoms with Gasteiger partial charge in [-0.3, -0.25) is 4.79 Å². The van der Waals surface area contributed by atoms with Crippen LogP contribution in [0.15, 0.2) is 53.1 Å². The van der Waals surface area contributed by atoms with E-state index in [0.717, 1.165) is 0 Å². The Labute approximate surface area is 161 Å². The zero-order valence-corrected chi connectivity index (χ0v) is 15.6. The van der Waals surface area contributed by atoms with Crippen LogP contribution in [0.1, 0.15) is 5.89 Å². The summed E-state index contributed by atoms with van der Waals surface area (Å²) in [5, 5.41) is 4.45. The van der Waals surface area contributed by atoms with E-state index in [1.807, 2.05) is 18.2 Å². The van der Waals surface area contributed by atoms with E-state index in [2.05, 4.69) is 10.1 Å². The predicted molar refractivity (Wildman–Crippen MR) is 99.7 cm³/mol. The molecule has 2 aromatic carbocycles. The van der Waals surface area contributed by atoms with Crippen molar-refractivity contribution in [3.63, 3.8) is 0 Å². The normalized spacial score (nSPS) is 10.5. The molecule has 0 aliphatic carbocycles. The number of aromatic nitrogens is 2. The maximum absolute atomic E-state index is 12.3. The minimum absolute atomic E-state index is 0.137. The molecule has 0 radical (unpaired) electrons. The molecule has 0 spiro atoms. The first-order valence-electron chi connectivity index (χ1n) is 8.15. The van der Waals surface area contributed by atoms with E-state index in [1.165, 1.54) is 4.90 Å². The Morgan fingerprint density at radius 1 is 1.15 bits per heavy atom. The van der Waals surface area contributed by atoms with E-state index >= 15 is 0 Å². The maximum Gasteiger partial charge on any atom is 0.260 e. The van der Waals surface area contributed by atoms with Gasteiger partial charge >= 0.3 is 0 Å². The van der Waals surface area contributed by atoms with E-state index < -0.39 is 0 Å². The number of ether oxygens (including phenoxy) is 2. The number of likely N-dealkylation sites (N-methyl/N-ethyl adjacent to an activating group) is 1. The monoisotopic (exact) mass is 387 g/mol. The number of nitrogens with zero attached hydrogens (tertiary/aromatic N) is 3. The molecule has 7 nitrogen and oxygen atoms in total. The molecular formula is C19H18ClN3O4. The van der Waals surface area contributed by atoms with Crippen LogP contribution in [0.5, 0.6) is 11.5 Å². The summed E-state index contributed by atoms with van der Waals surface area (Å²) in [6.45, 7) is 0.0218. The van der Waals surface area contributed by atoms with Crippen molar-refractivity contribution in [1.29, 1.82) is 0 Å². The molecule has 0 N–H and O–H groups in total. The fourth-order valence-electron chi connectivity index (χ4n) is 2.35. The Kier molecular flexibility index (Phi) is 5.93. The Morgan fingerprint density at radius 2 is 1.85 bits per heavy atom. The second-order valence-electron chi connectivity index (χ2n) is 5.68. The molecule has 27 heavy (non-hydrogen) atoms. The third-order valence-corrected chi connectivity index (χ3v) is 4.13. The van der Waals surface area contributed by atoms with Crippen molar-refractivity contribution < 1.29 is 18.8 Å². The lowest BCUT2D eigenvalue weighted by Gasteiger charge is -2.16. The molecule has 1 heterocycles. The Bertz CT molecular complexity index is 929. The standard InChI is InChI=1S/C19H18ClN3O4/c1-23(18(24)12-26-16-10-6-5-9-15(16)25-2)11-17-21-19(22-27-17)13-7-3-4-8-14(13)20/h3-10H,11-12H2,1-2H3. The lowest BCUT2D eigenvalue weighted by Crippen LogP contribution is -2.31. The molecule has 1 aromatic heterocycles. The number of rotatable bonds is 7. The molecular weight excluding hydrogens is 370 g/mol. The predicted octanol–water partition coefficient (Wildman–Crippen LogP) is 3.44. The number of para-hydroxylation sites is 2. The van der Waals surface area contributed by atoms with Crippen LogP contribution in [-0.4, -0.2) is 41.7 Å². The highest BCUT2D eigenvalue weighted by molar-refractivity contribution is 6.33. The molecule has 0 fully saturated rings. The first kappa shape index (κ1) is 18.7. The van der Waals surface area contributed by atoms with Crippen LogP contribution in [0.25, 0.3) is 11.4 Å². The van der Waals surface area contributed by atoms with Gasteiger partial charge in [0.15, 0.2) is 18.1 Å². The lowest BCUT2D eigenvalue weighted by molar-refractivity contribution is -0.132. The van der Waals surface area contributed by atoms with Crippen molar-refractivity contribution in [3.8, 4) is 22.9 Å².